The Morgan fingerprint density at radius 3 is 2.71 bits per heavy atom. The molecule has 2 rings (SSSR count). The van der Waals surface area contributed by atoms with Gasteiger partial charge in [0.1, 0.15) is 5.82 Å². The zero-order valence-electron chi connectivity index (χ0n) is 7.81. The molecule has 4 N–H and O–H groups in total. The van der Waals surface area contributed by atoms with Gasteiger partial charge in [-0.25, -0.2) is 9.97 Å². The highest BCUT2D eigenvalue weighted by Crippen LogP contribution is 2.20. The summed E-state index contributed by atoms with van der Waals surface area (Å²) in [4.78, 5) is 8.00. The third-order valence-electron chi connectivity index (χ3n) is 1.99. The molecule has 0 aliphatic carbocycles. The quantitative estimate of drug-likeness (QED) is 0.693. The highest BCUT2D eigenvalue weighted by molar-refractivity contribution is 5.69. The molecule has 0 radical (unpaired) electrons. The molecule has 0 fully saturated rings. The van der Waals surface area contributed by atoms with Gasteiger partial charge in [-0.1, -0.05) is 0 Å². The molecule has 0 spiro atoms. The van der Waals surface area contributed by atoms with E-state index in [0.29, 0.717) is 11.5 Å². The van der Waals surface area contributed by atoms with E-state index in [1.54, 1.807) is 18.6 Å². The van der Waals surface area contributed by atoms with Gasteiger partial charge in [0.15, 0.2) is 0 Å². The topological polar surface area (TPSA) is 82.8 Å². The van der Waals surface area contributed by atoms with Crippen molar-refractivity contribution in [3.63, 3.8) is 0 Å². The van der Waals surface area contributed by atoms with E-state index in [1.807, 2.05) is 17.7 Å². The molecule has 72 valence electrons. The maximum absolute atomic E-state index is 5.79. The summed E-state index contributed by atoms with van der Waals surface area (Å²) in [6.07, 6.45) is 5.20. The molecule has 0 amide bonds. The van der Waals surface area contributed by atoms with Crippen molar-refractivity contribution >= 4 is 11.5 Å². The Balaban J connectivity index is 2.57. The zero-order chi connectivity index (χ0) is 10.1. The van der Waals surface area contributed by atoms with Crippen LogP contribution >= 0.6 is 0 Å². The van der Waals surface area contributed by atoms with E-state index >= 15 is 0 Å². The molecular weight excluding hydrogens is 178 g/mol. The largest absolute Gasteiger partial charge is 0.394 e. The van der Waals surface area contributed by atoms with E-state index in [9.17, 15) is 0 Å². The Hall–Kier alpha value is -2.04. The van der Waals surface area contributed by atoms with E-state index in [-0.39, 0.29) is 0 Å². The maximum Gasteiger partial charge on any atom is 0.148 e. The van der Waals surface area contributed by atoms with E-state index in [4.69, 9.17) is 11.5 Å². The number of aromatic nitrogens is 3. The van der Waals surface area contributed by atoms with Crippen LogP contribution < -0.4 is 11.5 Å². The molecule has 0 saturated carbocycles. The fourth-order valence-corrected chi connectivity index (χ4v) is 1.26. The monoisotopic (exact) mass is 189 g/mol. The molecule has 0 aliphatic rings. The van der Waals surface area contributed by atoms with Crippen LogP contribution in [0.4, 0.5) is 11.5 Å². The summed E-state index contributed by atoms with van der Waals surface area (Å²) in [6, 6.07) is 1.80. The molecule has 0 unspecified atom stereocenters. The molecule has 0 saturated heterocycles. The number of pyridine rings is 1. The second-order valence-electron chi connectivity index (χ2n) is 3.05. The first-order chi connectivity index (χ1) is 6.68. The summed E-state index contributed by atoms with van der Waals surface area (Å²) in [5.41, 5.74) is 13.6. The first kappa shape index (κ1) is 8.55. The predicted octanol–water partition coefficient (Wildman–Crippen LogP) is 0.740. The number of nitrogens with two attached hydrogens (primary N) is 2. The minimum absolute atomic E-state index is 0.342. The third kappa shape index (κ3) is 1.28. The van der Waals surface area contributed by atoms with E-state index in [0.717, 1.165) is 11.4 Å². The van der Waals surface area contributed by atoms with Crippen LogP contribution in [0.15, 0.2) is 24.8 Å². The average Bonchev–Trinajstić information content (AvgIpc) is 2.57. The lowest BCUT2D eigenvalue weighted by Crippen LogP contribution is -2.03. The predicted molar refractivity (Wildman–Crippen MR) is 54.9 cm³/mol. The summed E-state index contributed by atoms with van der Waals surface area (Å²) in [5.74, 6) is 0.342. The Morgan fingerprint density at radius 2 is 2.07 bits per heavy atom. The van der Waals surface area contributed by atoms with Crippen molar-refractivity contribution in [2.75, 3.05) is 11.5 Å². The fourth-order valence-electron chi connectivity index (χ4n) is 1.26. The van der Waals surface area contributed by atoms with Gasteiger partial charge in [-0.3, -0.25) is 0 Å². The van der Waals surface area contributed by atoms with Crippen molar-refractivity contribution in [2.45, 2.75) is 6.92 Å². The van der Waals surface area contributed by atoms with Crippen molar-refractivity contribution in [1.29, 1.82) is 0 Å². The molecule has 2 heterocycles. The number of imidazole rings is 1. The van der Waals surface area contributed by atoms with Gasteiger partial charge in [0.25, 0.3) is 0 Å². The summed E-state index contributed by atoms with van der Waals surface area (Å²) in [7, 11) is 0. The van der Waals surface area contributed by atoms with Crippen LogP contribution in [0.2, 0.25) is 0 Å². The molecule has 14 heavy (non-hydrogen) atoms. The molecule has 2 aromatic heterocycles. The fraction of sp³-hybridized carbons (Fsp3) is 0.111. The Bertz CT molecular complexity index is 460. The van der Waals surface area contributed by atoms with Gasteiger partial charge in [0.2, 0.25) is 0 Å². The lowest BCUT2D eigenvalue weighted by atomic mass is 10.3. The first-order valence-corrected chi connectivity index (χ1v) is 4.19. The number of nitrogen functional groups attached to an aromatic ring is 2. The number of rotatable bonds is 1. The Labute approximate surface area is 81.4 Å². The van der Waals surface area contributed by atoms with Crippen molar-refractivity contribution in [3.8, 4) is 5.69 Å². The highest BCUT2D eigenvalue weighted by atomic mass is 15.1. The average molecular weight is 189 g/mol. The molecule has 2 aromatic rings. The van der Waals surface area contributed by atoms with E-state index in [1.165, 1.54) is 0 Å². The van der Waals surface area contributed by atoms with Crippen molar-refractivity contribution in [2.24, 2.45) is 0 Å². The lowest BCUT2D eigenvalue weighted by Gasteiger charge is -2.06. The third-order valence-corrected chi connectivity index (χ3v) is 1.99. The summed E-state index contributed by atoms with van der Waals surface area (Å²) >= 11 is 0. The first-order valence-electron chi connectivity index (χ1n) is 4.19. The standard InChI is InChI=1S/C9H11N5/c1-6-4-14(5-13-6)7-2-3-12-9(11)8(7)10/h2-5H,10H2,1H3,(H2,11,12). The number of hydrogen-bond acceptors (Lipinski definition) is 4. The van der Waals surface area contributed by atoms with Gasteiger partial charge in [0, 0.05) is 12.4 Å². The van der Waals surface area contributed by atoms with Crippen LogP contribution in [0.1, 0.15) is 5.69 Å². The molecule has 0 atom stereocenters. The molecule has 0 aromatic carbocycles. The zero-order valence-corrected chi connectivity index (χ0v) is 7.81. The van der Waals surface area contributed by atoms with Crippen LogP contribution in [0, 0.1) is 6.92 Å². The van der Waals surface area contributed by atoms with E-state index in [2.05, 4.69) is 9.97 Å². The molecule has 0 aliphatic heterocycles. The SMILES string of the molecule is Cc1cn(-c2ccnc(N)c2N)cn1. The minimum atomic E-state index is 0.342. The van der Waals surface area contributed by atoms with Gasteiger partial charge in [-0.2, -0.15) is 0 Å². The number of nitrogens with zero attached hydrogens (tertiary/aromatic N) is 3. The second-order valence-corrected chi connectivity index (χ2v) is 3.05. The Morgan fingerprint density at radius 1 is 1.29 bits per heavy atom. The van der Waals surface area contributed by atoms with Crippen LogP contribution in [-0.2, 0) is 0 Å². The maximum atomic E-state index is 5.79. The summed E-state index contributed by atoms with van der Waals surface area (Å²) in [6.45, 7) is 1.91. The van der Waals surface area contributed by atoms with Gasteiger partial charge >= 0.3 is 0 Å². The minimum Gasteiger partial charge on any atom is -0.394 e. The molecule has 5 heteroatoms. The van der Waals surface area contributed by atoms with Crippen molar-refractivity contribution in [1.82, 2.24) is 14.5 Å². The van der Waals surface area contributed by atoms with Crippen LogP contribution in [0.25, 0.3) is 5.69 Å². The van der Waals surface area contributed by atoms with Crippen LogP contribution in [-0.4, -0.2) is 14.5 Å². The van der Waals surface area contributed by atoms with Gasteiger partial charge < -0.3 is 16.0 Å². The van der Waals surface area contributed by atoms with Crippen LogP contribution in [0.3, 0.4) is 0 Å². The molecule has 5 nitrogen and oxygen atoms in total. The molecular formula is C9H11N5. The van der Waals surface area contributed by atoms with Gasteiger partial charge in [-0.05, 0) is 13.0 Å². The summed E-state index contributed by atoms with van der Waals surface area (Å²) < 4.78 is 1.82. The summed E-state index contributed by atoms with van der Waals surface area (Å²) in [5, 5.41) is 0. The van der Waals surface area contributed by atoms with Gasteiger partial charge in [-0.15, -0.1) is 0 Å². The number of aryl methyl sites for hydroxylation is 1. The number of anilines is 2. The van der Waals surface area contributed by atoms with E-state index < -0.39 is 0 Å². The molecule has 0 bridgehead atoms. The van der Waals surface area contributed by atoms with Crippen LogP contribution in [0.5, 0.6) is 0 Å². The normalized spacial score (nSPS) is 10.4. The lowest BCUT2D eigenvalue weighted by molar-refractivity contribution is 1.05. The van der Waals surface area contributed by atoms with Crippen molar-refractivity contribution in [3.05, 3.63) is 30.5 Å². The highest BCUT2D eigenvalue weighted by Gasteiger charge is 2.05. The van der Waals surface area contributed by atoms with Crippen molar-refractivity contribution < 1.29 is 0 Å². The number of hydrogen-bond donors (Lipinski definition) is 2. The Kier molecular flexibility index (Phi) is 1.85. The smallest absolute Gasteiger partial charge is 0.148 e. The second kappa shape index (κ2) is 3.02. The van der Waals surface area contributed by atoms with Gasteiger partial charge in [0.05, 0.1) is 23.4 Å².